The summed E-state index contributed by atoms with van der Waals surface area (Å²) in [7, 11) is 0. The molecule has 2 bridgehead atoms. The van der Waals surface area contributed by atoms with E-state index in [1.165, 1.54) is 12.8 Å². The Labute approximate surface area is 201 Å². The number of aromatic nitrogens is 5. The number of hydrogen-bond acceptors (Lipinski definition) is 5. The molecule has 35 heavy (non-hydrogen) atoms. The largest absolute Gasteiger partial charge is 0.394 e. The zero-order chi connectivity index (χ0) is 24.2. The Balaban J connectivity index is 1.24. The molecule has 9 heteroatoms. The van der Waals surface area contributed by atoms with Crippen molar-refractivity contribution < 1.29 is 17.9 Å². The van der Waals surface area contributed by atoms with Crippen LogP contribution < -0.4 is 0 Å². The third-order valence-corrected chi connectivity index (χ3v) is 8.83. The van der Waals surface area contributed by atoms with Crippen molar-refractivity contribution in [2.24, 2.45) is 5.41 Å². The molecule has 4 aliphatic carbocycles. The molecule has 184 valence electrons. The van der Waals surface area contributed by atoms with Crippen molar-refractivity contribution in [3.63, 3.8) is 0 Å². The summed E-state index contributed by atoms with van der Waals surface area (Å²) < 4.78 is 48.9. The minimum atomic E-state index is -4.15. The summed E-state index contributed by atoms with van der Waals surface area (Å²) in [6.45, 7) is 4.42. The van der Waals surface area contributed by atoms with Gasteiger partial charge in [-0.05, 0) is 64.9 Å². The highest BCUT2D eigenvalue weighted by Gasteiger charge is 2.79. The molecule has 0 spiro atoms. The summed E-state index contributed by atoms with van der Waals surface area (Å²) in [6.07, 6.45) is 4.07. The number of alkyl halides is 3. The van der Waals surface area contributed by atoms with Crippen molar-refractivity contribution in [2.45, 2.75) is 88.4 Å². The third kappa shape index (κ3) is 3.19. The first kappa shape index (κ1) is 21.7. The van der Waals surface area contributed by atoms with Gasteiger partial charge < -0.3 is 4.74 Å². The number of halogens is 3. The van der Waals surface area contributed by atoms with E-state index >= 15 is 0 Å². The Morgan fingerprint density at radius 1 is 1.03 bits per heavy atom. The van der Waals surface area contributed by atoms with Crippen LogP contribution in [0.2, 0.25) is 0 Å². The third-order valence-electron chi connectivity index (χ3n) is 8.83. The van der Waals surface area contributed by atoms with Gasteiger partial charge in [-0.2, -0.15) is 18.3 Å². The molecule has 1 aliphatic heterocycles. The highest BCUT2D eigenvalue weighted by Crippen LogP contribution is 2.78. The number of ether oxygens (including phenoxy) is 1. The first-order chi connectivity index (χ1) is 16.7. The summed E-state index contributed by atoms with van der Waals surface area (Å²) in [4.78, 5) is 14.6. The van der Waals surface area contributed by atoms with Gasteiger partial charge in [0.2, 0.25) is 0 Å². The van der Waals surface area contributed by atoms with Crippen molar-refractivity contribution >= 4 is 11.0 Å². The van der Waals surface area contributed by atoms with Crippen LogP contribution in [0.25, 0.3) is 11.0 Å². The number of aryl methyl sites for hydroxylation is 2. The maximum atomic E-state index is 13.6. The molecule has 5 fully saturated rings. The Hall–Kier alpha value is -2.55. The van der Waals surface area contributed by atoms with E-state index in [1.807, 2.05) is 30.8 Å². The molecule has 0 N–H and O–H groups in total. The van der Waals surface area contributed by atoms with Crippen molar-refractivity contribution in [3.8, 4) is 0 Å². The van der Waals surface area contributed by atoms with E-state index in [0.717, 1.165) is 46.7 Å². The average molecular weight is 484 g/mol. The van der Waals surface area contributed by atoms with Crippen LogP contribution in [0, 0.1) is 19.3 Å². The minimum Gasteiger partial charge on any atom is -0.373 e. The number of hydrogen-bond donors (Lipinski definition) is 0. The van der Waals surface area contributed by atoms with Gasteiger partial charge in [-0.1, -0.05) is 0 Å². The fourth-order valence-electron chi connectivity index (χ4n) is 6.52. The van der Waals surface area contributed by atoms with E-state index in [1.54, 1.807) is 0 Å². The Kier molecular flexibility index (Phi) is 4.35. The van der Waals surface area contributed by atoms with E-state index in [9.17, 15) is 13.2 Å². The van der Waals surface area contributed by atoms with E-state index in [-0.39, 0.29) is 31.3 Å². The zero-order valence-electron chi connectivity index (χ0n) is 19.9. The Bertz CT molecular complexity index is 1320. The van der Waals surface area contributed by atoms with Crippen LogP contribution in [-0.2, 0) is 10.2 Å². The molecule has 0 unspecified atom stereocenters. The van der Waals surface area contributed by atoms with Gasteiger partial charge >= 0.3 is 6.18 Å². The van der Waals surface area contributed by atoms with Gasteiger partial charge in [0, 0.05) is 35.4 Å². The maximum Gasteiger partial charge on any atom is 0.394 e. The monoisotopic (exact) mass is 483 g/mol. The second-order valence-corrected chi connectivity index (χ2v) is 11.3. The average Bonchev–Trinajstić information content (AvgIpc) is 3.48. The van der Waals surface area contributed by atoms with Crippen molar-refractivity contribution in [3.05, 3.63) is 46.8 Å². The summed E-state index contributed by atoms with van der Waals surface area (Å²) >= 11 is 0. The van der Waals surface area contributed by atoms with Gasteiger partial charge in [-0.3, -0.25) is 9.67 Å². The molecule has 0 aromatic carbocycles. The predicted molar refractivity (Wildman–Crippen MR) is 122 cm³/mol. The van der Waals surface area contributed by atoms with E-state index in [4.69, 9.17) is 19.7 Å². The first-order valence-corrected chi connectivity index (χ1v) is 12.6. The lowest BCUT2D eigenvalue weighted by molar-refractivity contribution is -0.337. The summed E-state index contributed by atoms with van der Waals surface area (Å²) in [5, 5.41) is 4.52. The molecular weight excluding hydrogens is 455 g/mol. The zero-order valence-corrected chi connectivity index (χ0v) is 19.9. The van der Waals surface area contributed by atoms with E-state index < -0.39 is 17.0 Å². The van der Waals surface area contributed by atoms with Crippen LogP contribution in [-0.4, -0.2) is 37.5 Å². The second-order valence-electron chi connectivity index (χ2n) is 11.3. The van der Waals surface area contributed by atoms with Crippen LogP contribution in [0.4, 0.5) is 13.2 Å². The lowest BCUT2D eigenvalue weighted by Crippen LogP contribution is -2.70. The van der Waals surface area contributed by atoms with Crippen LogP contribution in [0.15, 0.2) is 18.5 Å². The SMILES string of the molecule is Cc1nc2cc([C@H]3CCO[C@@H](c4cnn(C5CC5)c4)C3)nc(C34CC(C(F)(F)F)(C3)C4)c2nc1C. The fourth-order valence-corrected chi connectivity index (χ4v) is 6.52. The summed E-state index contributed by atoms with van der Waals surface area (Å²) in [5.74, 6) is 0.147. The topological polar surface area (TPSA) is 65.7 Å². The van der Waals surface area contributed by atoms with Crippen molar-refractivity contribution in [2.75, 3.05) is 6.61 Å². The van der Waals surface area contributed by atoms with E-state index in [0.29, 0.717) is 18.2 Å². The molecule has 3 aromatic rings. The lowest BCUT2D eigenvalue weighted by Gasteiger charge is -2.70. The van der Waals surface area contributed by atoms with Gasteiger partial charge in [0.05, 0.1) is 46.4 Å². The minimum absolute atomic E-state index is 0.0588. The first-order valence-electron chi connectivity index (χ1n) is 12.6. The van der Waals surface area contributed by atoms with Crippen LogP contribution in [0.3, 0.4) is 0 Å². The molecule has 5 aliphatic rings. The molecular formula is C26H28F3N5O. The number of rotatable bonds is 4. The molecule has 6 nitrogen and oxygen atoms in total. The van der Waals surface area contributed by atoms with Crippen LogP contribution in [0.5, 0.6) is 0 Å². The van der Waals surface area contributed by atoms with Gasteiger partial charge in [0.1, 0.15) is 5.52 Å². The normalized spacial score (nSPS) is 32.4. The van der Waals surface area contributed by atoms with Crippen LogP contribution in [0.1, 0.15) is 91.3 Å². The van der Waals surface area contributed by atoms with Crippen molar-refractivity contribution in [1.82, 2.24) is 24.7 Å². The fraction of sp³-hybridized carbons (Fsp3) is 0.615. The van der Waals surface area contributed by atoms with Gasteiger partial charge in [-0.15, -0.1) is 0 Å². The number of nitrogens with zero attached hydrogens (tertiary/aromatic N) is 5. The molecule has 2 atom stereocenters. The number of fused-ring (bicyclic) bond motifs is 1. The molecule has 0 amide bonds. The van der Waals surface area contributed by atoms with E-state index in [2.05, 4.69) is 11.3 Å². The quantitative estimate of drug-likeness (QED) is 0.470. The molecule has 0 radical (unpaired) electrons. The summed E-state index contributed by atoms with van der Waals surface area (Å²) in [5.41, 5.74) is 3.68. The van der Waals surface area contributed by atoms with Crippen molar-refractivity contribution in [1.29, 1.82) is 0 Å². The maximum absolute atomic E-state index is 13.6. The smallest absolute Gasteiger partial charge is 0.373 e. The second kappa shape index (κ2) is 7.02. The van der Waals surface area contributed by atoms with Gasteiger partial charge in [0.25, 0.3) is 0 Å². The molecule has 1 saturated heterocycles. The lowest BCUT2D eigenvalue weighted by atomic mass is 9.34. The highest BCUT2D eigenvalue weighted by atomic mass is 19.4. The number of pyridine rings is 1. The van der Waals surface area contributed by atoms with Crippen LogP contribution >= 0.6 is 0 Å². The molecule has 8 rings (SSSR count). The molecule has 4 saturated carbocycles. The standard InChI is InChI=1S/C26H28F3N5O/c1-14-15(2)32-22-20(31-14)8-19(33-23(22)24-11-25(12-24,13-24)26(27,28)29)16-5-6-35-21(7-16)17-9-30-34(10-17)18-3-4-18/h8-10,16,18,21H,3-7,11-13H2,1-2H3/t16-,21+,24?,25?/m0/s1. The predicted octanol–water partition coefficient (Wildman–Crippen LogP) is 5.79. The Morgan fingerprint density at radius 2 is 1.77 bits per heavy atom. The van der Waals surface area contributed by atoms with Gasteiger partial charge in [0.15, 0.2) is 0 Å². The highest BCUT2D eigenvalue weighted by molar-refractivity contribution is 5.79. The molecule has 4 heterocycles. The Morgan fingerprint density at radius 3 is 2.49 bits per heavy atom. The van der Waals surface area contributed by atoms with Gasteiger partial charge in [-0.25, -0.2) is 9.97 Å². The summed E-state index contributed by atoms with van der Waals surface area (Å²) in [6, 6.07) is 2.52. The molecule has 3 aromatic heterocycles.